The Morgan fingerprint density at radius 2 is 1.71 bits per heavy atom. The Hall–Kier alpha value is -2.42. The Labute approximate surface area is 205 Å². The second kappa shape index (κ2) is 9.22. The van der Waals surface area contributed by atoms with Gasteiger partial charge in [0.25, 0.3) is 0 Å². The molecule has 0 aromatic carbocycles. The summed E-state index contributed by atoms with van der Waals surface area (Å²) < 4.78 is 27.8. The number of ether oxygens (including phenoxy) is 5. The summed E-state index contributed by atoms with van der Waals surface area (Å²) in [6.07, 6.45) is 4.51. The minimum Gasteiger partial charge on any atom is -0.465 e. The van der Waals surface area contributed by atoms with E-state index >= 15 is 0 Å². The molecular weight excluding hydrogens is 456 g/mol. The molecule has 0 amide bonds. The van der Waals surface area contributed by atoms with Gasteiger partial charge in [-0.25, -0.2) is 4.79 Å². The van der Waals surface area contributed by atoms with Crippen LogP contribution in [0.1, 0.15) is 66.7 Å². The van der Waals surface area contributed by atoms with Crippen LogP contribution < -0.4 is 0 Å². The van der Waals surface area contributed by atoms with Crippen LogP contribution in [0.2, 0.25) is 0 Å². The second-order valence-electron chi connectivity index (χ2n) is 11.0. The smallest absolute Gasteiger partial charge is 0.337 e. The van der Waals surface area contributed by atoms with Gasteiger partial charge in [0, 0.05) is 26.2 Å². The maximum atomic E-state index is 12.4. The van der Waals surface area contributed by atoms with Crippen molar-refractivity contribution in [3.63, 3.8) is 0 Å². The highest BCUT2D eigenvalue weighted by Crippen LogP contribution is 2.66. The molecule has 0 N–H and O–H groups in total. The van der Waals surface area contributed by atoms with Gasteiger partial charge >= 0.3 is 23.9 Å². The molecule has 2 saturated heterocycles. The van der Waals surface area contributed by atoms with Crippen LogP contribution in [0, 0.1) is 22.7 Å². The first kappa shape index (κ1) is 25.7. The van der Waals surface area contributed by atoms with Gasteiger partial charge in [-0.05, 0) is 49.4 Å². The fourth-order valence-corrected chi connectivity index (χ4v) is 7.14. The molecule has 2 saturated carbocycles. The minimum atomic E-state index is -0.697. The van der Waals surface area contributed by atoms with E-state index < -0.39 is 23.5 Å². The van der Waals surface area contributed by atoms with Crippen LogP contribution in [-0.4, -0.2) is 61.5 Å². The zero-order valence-corrected chi connectivity index (χ0v) is 21.2. The van der Waals surface area contributed by atoms with Crippen molar-refractivity contribution in [1.29, 1.82) is 0 Å². The monoisotopic (exact) mass is 492 g/mol. The van der Waals surface area contributed by atoms with Gasteiger partial charge in [0.05, 0.1) is 17.8 Å². The summed E-state index contributed by atoms with van der Waals surface area (Å²) in [5, 5.41) is 0. The van der Waals surface area contributed by atoms with Crippen molar-refractivity contribution in [3.05, 3.63) is 11.6 Å². The van der Waals surface area contributed by atoms with Gasteiger partial charge in [-0.3, -0.25) is 14.4 Å². The van der Waals surface area contributed by atoms with E-state index in [9.17, 15) is 19.2 Å². The van der Waals surface area contributed by atoms with Crippen molar-refractivity contribution < 1.29 is 42.9 Å². The van der Waals surface area contributed by atoms with Crippen molar-refractivity contribution in [2.24, 2.45) is 22.7 Å². The first-order valence-corrected chi connectivity index (χ1v) is 12.4. The zero-order valence-electron chi connectivity index (χ0n) is 21.2. The third-order valence-corrected chi connectivity index (χ3v) is 8.80. The first-order valence-electron chi connectivity index (χ1n) is 12.4. The molecule has 0 aromatic heterocycles. The van der Waals surface area contributed by atoms with E-state index in [1.165, 1.54) is 20.8 Å². The van der Waals surface area contributed by atoms with E-state index in [-0.39, 0.29) is 54.1 Å². The van der Waals surface area contributed by atoms with Crippen LogP contribution in [0.25, 0.3) is 0 Å². The highest BCUT2D eigenvalue weighted by Gasteiger charge is 2.67. The number of hydrogen-bond acceptors (Lipinski definition) is 9. The van der Waals surface area contributed by atoms with Crippen molar-refractivity contribution in [2.45, 2.75) is 84.5 Å². The van der Waals surface area contributed by atoms with E-state index in [0.29, 0.717) is 25.0 Å². The molecule has 2 aliphatic carbocycles. The predicted molar refractivity (Wildman–Crippen MR) is 122 cm³/mol. The van der Waals surface area contributed by atoms with Crippen molar-refractivity contribution in [1.82, 2.24) is 0 Å². The largest absolute Gasteiger partial charge is 0.465 e. The standard InChI is InChI=1S/C26H36O9/c1-15(27)32-13-25(5)20-8-11-26(14-33-26)21(24(20,4)10-9-22(25)35-17(3)29)7-6-18-19(34-16(2)28)12-31-23(18)30/h6,19-22H,7-14H2,1-5H3/b18-6+/t19-,20+,21+,22-,24-,25+,26-/m1/s1. The first-order chi connectivity index (χ1) is 16.4. The topological polar surface area (TPSA) is 118 Å². The number of fused-ring (bicyclic) bond motifs is 1. The maximum Gasteiger partial charge on any atom is 0.337 e. The Bertz CT molecular complexity index is 935. The quantitative estimate of drug-likeness (QED) is 0.239. The molecule has 9 heteroatoms. The van der Waals surface area contributed by atoms with Crippen LogP contribution in [0.5, 0.6) is 0 Å². The lowest BCUT2D eigenvalue weighted by Gasteiger charge is -2.61. The number of cyclic esters (lactones) is 1. The molecule has 9 nitrogen and oxygen atoms in total. The van der Waals surface area contributed by atoms with Crippen molar-refractivity contribution in [2.75, 3.05) is 19.8 Å². The number of carbonyl (C=O) groups excluding carboxylic acids is 4. The van der Waals surface area contributed by atoms with Gasteiger partial charge in [0.15, 0.2) is 6.10 Å². The second-order valence-corrected chi connectivity index (χ2v) is 11.0. The molecule has 4 aliphatic rings. The minimum absolute atomic E-state index is 0.0287. The highest BCUT2D eigenvalue weighted by molar-refractivity contribution is 5.92. The lowest BCUT2D eigenvalue weighted by atomic mass is 9.45. The average molecular weight is 493 g/mol. The van der Waals surface area contributed by atoms with Crippen LogP contribution in [0.3, 0.4) is 0 Å². The Morgan fingerprint density at radius 1 is 1.03 bits per heavy atom. The molecular formula is C26H36O9. The van der Waals surface area contributed by atoms with E-state index in [0.717, 1.165) is 19.3 Å². The van der Waals surface area contributed by atoms with Gasteiger partial charge in [-0.2, -0.15) is 0 Å². The molecule has 4 fully saturated rings. The number of epoxide rings is 1. The van der Waals surface area contributed by atoms with E-state index in [2.05, 4.69) is 13.8 Å². The van der Waals surface area contributed by atoms with Gasteiger partial charge < -0.3 is 23.7 Å². The average Bonchev–Trinajstić information content (AvgIpc) is 3.45. The number of rotatable bonds is 6. The van der Waals surface area contributed by atoms with Crippen molar-refractivity contribution >= 4 is 23.9 Å². The number of hydrogen-bond donors (Lipinski definition) is 0. The lowest BCUT2D eigenvalue weighted by molar-refractivity contribution is -0.201. The summed E-state index contributed by atoms with van der Waals surface area (Å²) >= 11 is 0. The molecule has 4 rings (SSSR count). The molecule has 194 valence electrons. The summed E-state index contributed by atoms with van der Waals surface area (Å²) in [4.78, 5) is 47.5. The maximum absolute atomic E-state index is 12.4. The molecule has 0 aromatic rings. The van der Waals surface area contributed by atoms with E-state index in [1.807, 2.05) is 6.08 Å². The highest BCUT2D eigenvalue weighted by atomic mass is 16.6. The van der Waals surface area contributed by atoms with Crippen LogP contribution in [0.4, 0.5) is 0 Å². The molecule has 2 aliphatic heterocycles. The van der Waals surface area contributed by atoms with E-state index in [4.69, 9.17) is 23.7 Å². The third-order valence-electron chi connectivity index (χ3n) is 8.80. The molecule has 0 radical (unpaired) electrons. The fourth-order valence-electron chi connectivity index (χ4n) is 7.14. The van der Waals surface area contributed by atoms with Gasteiger partial charge in [-0.15, -0.1) is 0 Å². The van der Waals surface area contributed by atoms with Crippen LogP contribution >= 0.6 is 0 Å². The molecule has 35 heavy (non-hydrogen) atoms. The van der Waals surface area contributed by atoms with Crippen molar-refractivity contribution in [3.8, 4) is 0 Å². The number of esters is 4. The number of allylic oxidation sites excluding steroid dienone is 1. The fraction of sp³-hybridized carbons (Fsp3) is 0.769. The molecule has 1 spiro atoms. The summed E-state index contributed by atoms with van der Waals surface area (Å²) in [7, 11) is 0. The normalized spacial score (nSPS) is 41.2. The lowest BCUT2D eigenvalue weighted by Crippen LogP contribution is -2.61. The molecule has 0 bridgehead atoms. The summed E-state index contributed by atoms with van der Waals surface area (Å²) in [6, 6.07) is 0. The molecule has 7 atom stereocenters. The number of carbonyl (C=O) groups is 4. The van der Waals surface area contributed by atoms with Crippen LogP contribution in [-0.2, 0) is 42.9 Å². The van der Waals surface area contributed by atoms with Gasteiger partial charge in [0.2, 0.25) is 0 Å². The van der Waals surface area contributed by atoms with E-state index in [1.54, 1.807) is 0 Å². The summed E-state index contributed by atoms with van der Waals surface area (Å²) in [6.45, 7) is 9.26. The summed E-state index contributed by atoms with van der Waals surface area (Å²) in [5.74, 6) is -1.44. The predicted octanol–water partition coefficient (Wildman–Crippen LogP) is 2.89. The van der Waals surface area contributed by atoms with Gasteiger partial charge in [-0.1, -0.05) is 19.9 Å². The Balaban J connectivity index is 1.65. The summed E-state index contributed by atoms with van der Waals surface area (Å²) in [5.41, 5.74) is -0.661. The third kappa shape index (κ3) is 4.71. The molecule has 2 heterocycles. The zero-order chi connectivity index (χ0) is 25.6. The SMILES string of the molecule is CC(=O)OC[C@@]1(C)[C@H]2CC[C@@]3(CO3)[C@@H](C/C=C3/C(=O)OC[C@H]3OC(C)=O)[C@]2(C)CC[C@H]1OC(C)=O. The van der Waals surface area contributed by atoms with Gasteiger partial charge in [0.1, 0.15) is 19.3 Å². The van der Waals surface area contributed by atoms with Crippen LogP contribution in [0.15, 0.2) is 11.6 Å². The Kier molecular flexibility index (Phi) is 6.76. The molecule has 0 unspecified atom stereocenters. The Morgan fingerprint density at radius 3 is 2.31 bits per heavy atom.